The number of amides is 1. The minimum Gasteiger partial charge on any atom is -0.398 e. The van der Waals surface area contributed by atoms with Gasteiger partial charge in [0.2, 0.25) is 0 Å². The molecule has 1 amide bonds. The Balaban J connectivity index is 2.37. The van der Waals surface area contributed by atoms with Crippen LogP contribution in [0.2, 0.25) is 0 Å². The van der Waals surface area contributed by atoms with Crippen LogP contribution in [0.3, 0.4) is 0 Å². The maximum Gasteiger partial charge on any atom is 0.251 e. The average Bonchev–Trinajstić information content (AvgIpc) is 2.62. The van der Waals surface area contributed by atoms with Crippen molar-refractivity contribution in [1.29, 1.82) is 0 Å². The van der Waals surface area contributed by atoms with Crippen molar-refractivity contribution in [2.45, 2.75) is 13.0 Å². The van der Waals surface area contributed by atoms with Crippen LogP contribution in [0, 0.1) is 5.82 Å². The van der Waals surface area contributed by atoms with Gasteiger partial charge in [-0.3, -0.25) is 9.79 Å². The number of aliphatic imine (C=N–C) groups is 1. The Hall–Kier alpha value is -2.21. The van der Waals surface area contributed by atoms with Crippen molar-refractivity contribution in [1.82, 2.24) is 0 Å². The molecule has 0 fully saturated rings. The summed E-state index contributed by atoms with van der Waals surface area (Å²) in [4.78, 5) is 18.5. The van der Waals surface area contributed by atoms with Gasteiger partial charge in [0.25, 0.3) is 5.91 Å². The van der Waals surface area contributed by atoms with Gasteiger partial charge in [-0.25, -0.2) is 4.39 Å². The number of likely N-dealkylation sites (N-methyl/N-ethyl adjacent to an activating group) is 1. The molecule has 0 radical (unpaired) electrons. The van der Waals surface area contributed by atoms with Crippen molar-refractivity contribution in [3.8, 4) is 0 Å². The molecule has 6 heteroatoms. The van der Waals surface area contributed by atoms with Gasteiger partial charge >= 0.3 is 0 Å². The molecule has 0 spiro atoms. The minimum absolute atomic E-state index is 0.158. The Kier molecular flexibility index (Phi) is 3.93. The predicted molar refractivity (Wildman–Crippen MR) is 93.5 cm³/mol. The molecule has 1 aliphatic rings. The van der Waals surface area contributed by atoms with E-state index in [9.17, 15) is 9.18 Å². The number of carbonyl (C=O) groups excluding carboxylic acids is 1. The van der Waals surface area contributed by atoms with Gasteiger partial charge < -0.3 is 10.6 Å². The lowest BCUT2D eigenvalue weighted by Gasteiger charge is -2.20. The number of benzene rings is 2. The van der Waals surface area contributed by atoms with Gasteiger partial charge in [-0.1, -0.05) is 12.1 Å². The molecule has 3 rings (SSSR count). The summed E-state index contributed by atoms with van der Waals surface area (Å²) >= 11 is 3.46. The van der Waals surface area contributed by atoms with Crippen LogP contribution in [0.4, 0.5) is 15.8 Å². The Morgan fingerprint density at radius 2 is 1.96 bits per heavy atom. The minimum atomic E-state index is -0.616. The predicted octanol–water partition coefficient (Wildman–Crippen LogP) is 3.37. The SMILES string of the molecule is CC1N=C(c2ccccc2F)c2c(ccc(N)c2Br)N(C)C1=O. The molecule has 0 aromatic heterocycles. The quantitative estimate of drug-likeness (QED) is 0.776. The van der Waals surface area contributed by atoms with Crippen LogP contribution >= 0.6 is 15.9 Å². The highest BCUT2D eigenvalue weighted by Gasteiger charge is 2.30. The van der Waals surface area contributed by atoms with Crippen LogP contribution in [0.15, 0.2) is 45.9 Å². The van der Waals surface area contributed by atoms with E-state index in [1.54, 1.807) is 44.3 Å². The first-order valence-electron chi connectivity index (χ1n) is 7.10. The van der Waals surface area contributed by atoms with E-state index < -0.39 is 11.9 Å². The van der Waals surface area contributed by atoms with Gasteiger partial charge in [0.05, 0.1) is 15.9 Å². The van der Waals surface area contributed by atoms with Crippen molar-refractivity contribution in [2.24, 2.45) is 4.99 Å². The van der Waals surface area contributed by atoms with Crippen LogP contribution in [-0.4, -0.2) is 24.7 Å². The van der Waals surface area contributed by atoms with Crippen molar-refractivity contribution >= 4 is 38.9 Å². The van der Waals surface area contributed by atoms with Crippen LogP contribution < -0.4 is 10.6 Å². The largest absolute Gasteiger partial charge is 0.398 e. The smallest absolute Gasteiger partial charge is 0.251 e. The molecule has 2 aromatic carbocycles. The van der Waals surface area contributed by atoms with Gasteiger partial charge in [-0.05, 0) is 47.1 Å². The van der Waals surface area contributed by atoms with Crippen molar-refractivity contribution in [3.05, 3.63) is 57.8 Å². The number of carbonyl (C=O) groups is 1. The van der Waals surface area contributed by atoms with E-state index in [0.717, 1.165) is 0 Å². The fourth-order valence-corrected chi connectivity index (χ4v) is 3.18. The first kappa shape index (κ1) is 15.7. The lowest BCUT2D eigenvalue weighted by Crippen LogP contribution is -2.33. The van der Waals surface area contributed by atoms with E-state index in [-0.39, 0.29) is 5.91 Å². The number of nitrogens with zero attached hydrogens (tertiary/aromatic N) is 2. The van der Waals surface area contributed by atoms with Crippen molar-refractivity contribution in [2.75, 3.05) is 17.7 Å². The van der Waals surface area contributed by atoms with Crippen molar-refractivity contribution < 1.29 is 9.18 Å². The highest BCUT2D eigenvalue weighted by atomic mass is 79.9. The number of anilines is 2. The molecule has 1 heterocycles. The number of benzodiazepines with no additional fused rings is 1. The highest BCUT2D eigenvalue weighted by Crippen LogP contribution is 2.36. The second-order valence-corrected chi connectivity index (χ2v) is 6.19. The fraction of sp³-hybridized carbons (Fsp3) is 0.176. The number of nitrogens with two attached hydrogens (primary N) is 1. The molecule has 0 aliphatic carbocycles. The topological polar surface area (TPSA) is 58.7 Å². The summed E-state index contributed by atoms with van der Waals surface area (Å²) in [6.45, 7) is 1.70. The molecule has 0 saturated carbocycles. The molecule has 1 aliphatic heterocycles. The molecule has 2 aromatic rings. The van der Waals surface area contributed by atoms with Crippen LogP contribution in [0.1, 0.15) is 18.1 Å². The zero-order valence-corrected chi connectivity index (χ0v) is 14.3. The summed E-state index contributed by atoms with van der Waals surface area (Å²) in [7, 11) is 1.68. The molecule has 0 saturated heterocycles. The second kappa shape index (κ2) is 5.77. The molecular weight excluding hydrogens is 361 g/mol. The standard InChI is InChI=1S/C17H15BrFN3O/c1-9-17(23)22(2)13-8-7-12(20)15(18)14(13)16(21-9)10-5-3-4-6-11(10)19/h3-9H,20H2,1-2H3. The van der Waals surface area contributed by atoms with E-state index in [0.29, 0.717) is 32.7 Å². The third-order valence-corrected chi connectivity index (χ3v) is 4.74. The molecule has 23 heavy (non-hydrogen) atoms. The number of rotatable bonds is 1. The highest BCUT2D eigenvalue weighted by molar-refractivity contribution is 9.10. The molecule has 1 atom stereocenters. The molecule has 4 nitrogen and oxygen atoms in total. The van der Waals surface area contributed by atoms with Gasteiger partial charge in [0.1, 0.15) is 11.9 Å². The van der Waals surface area contributed by atoms with Gasteiger partial charge in [0.15, 0.2) is 0 Å². The molecule has 118 valence electrons. The normalized spacial score (nSPS) is 17.6. The summed E-state index contributed by atoms with van der Waals surface area (Å²) in [5.41, 5.74) is 8.52. The number of hydrogen-bond acceptors (Lipinski definition) is 3. The monoisotopic (exact) mass is 375 g/mol. The molecular formula is C17H15BrFN3O. The van der Waals surface area contributed by atoms with E-state index in [1.165, 1.54) is 11.0 Å². The third kappa shape index (κ3) is 2.53. The molecule has 1 unspecified atom stereocenters. The Morgan fingerprint density at radius 1 is 1.26 bits per heavy atom. The zero-order chi connectivity index (χ0) is 16.7. The Labute approximate surface area is 141 Å². The fourth-order valence-electron chi connectivity index (χ4n) is 2.66. The van der Waals surface area contributed by atoms with E-state index in [4.69, 9.17) is 5.73 Å². The lowest BCUT2D eigenvalue weighted by molar-refractivity contribution is -0.119. The Bertz CT molecular complexity index is 835. The molecule has 0 bridgehead atoms. The second-order valence-electron chi connectivity index (χ2n) is 5.39. The first-order valence-corrected chi connectivity index (χ1v) is 7.89. The maximum absolute atomic E-state index is 14.3. The summed E-state index contributed by atoms with van der Waals surface area (Å²) in [5.74, 6) is -0.551. The van der Waals surface area contributed by atoms with Crippen molar-refractivity contribution in [3.63, 3.8) is 0 Å². The number of halogens is 2. The number of nitrogen functional groups attached to an aromatic ring is 1. The van der Waals surface area contributed by atoms with Crippen LogP contribution in [-0.2, 0) is 4.79 Å². The summed E-state index contributed by atoms with van der Waals surface area (Å²) in [6, 6.07) is 9.22. The summed E-state index contributed by atoms with van der Waals surface area (Å²) in [5, 5.41) is 0. The zero-order valence-electron chi connectivity index (χ0n) is 12.7. The maximum atomic E-state index is 14.3. The first-order chi connectivity index (χ1) is 10.9. The van der Waals surface area contributed by atoms with Crippen LogP contribution in [0.25, 0.3) is 0 Å². The van der Waals surface area contributed by atoms with E-state index >= 15 is 0 Å². The van der Waals surface area contributed by atoms with Gasteiger partial charge in [-0.2, -0.15) is 0 Å². The third-order valence-electron chi connectivity index (χ3n) is 3.89. The number of fused-ring (bicyclic) bond motifs is 1. The number of hydrogen-bond donors (Lipinski definition) is 1. The average molecular weight is 376 g/mol. The van der Waals surface area contributed by atoms with Crippen LogP contribution in [0.5, 0.6) is 0 Å². The summed E-state index contributed by atoms with van der Waals surface area (Å²) < 4.78 is 14.9. The summed E-state index contributed by atoms with van der Waals surface area (Å²) in [6.07, 6.45) is 0. The van der Waals surface area contributed by atoms with E-state index in [2.05, 4.69) is 20.9 Å². The lowest BCUT2D eigenvalue weighted by atomic mass is 9.99. The molecule has 2 N–H and O–H groups in total. The van der Waals surface area contributed by atoms with Gasteiger partial charge in [-0.15, -0.1) is 0 Å². The Morgan fingerprint density at radius 3 is 2.65 bits per heavy atom. The van der Waals surface area contributed by atoms with Gasteiger partial charge in [0, 0.05) is 23.9 Å². The van der Waals surface area contributed by atoms with E-state index in [1.807, 2.05) is 0 Å².